The Kier molecular flexibility index (Phi) is 10.5. The molecule has 0 aliphatic carbocycles. The number of methoxy groups -OCH3 is 2. The van der Waals surface area contributed by atoms with Gasteiger partial charge in [0.15, 0.2) is 22.6 Å². The number of hydrogen-bond donors (Lipinski definition) is 5. The molecule has 0 aromatic heterocycles. The van der Waals surface area contributed by atoms with Crippen molar-refractivity contribution in [3.8, 4) is 17.2 Å². The van der Waals surface area contributed by atoms with Crippen LogP contribution in [-0.4, -0.2) is 76.6 Å². The summed E-state index contributed by atoms with van der Waals surface area (Å²) in [6.07, 6.45) is 2.39. The molecule has 0 bridgehead atoms. The molecule has 2 atom stereocenters. The van der Waals surface area contributed by atoms with Crippen molar-refractivity contribution < 1.29 is 29.0 Å². The smallest absolute Gasteiger partial charge is 0.267 e. The molecule has 2 heterocycles. The molecule has 48 heavy (non-hydrogen) atoms. The number of primary amides is 1. The van der Waals surface area contributed by atoms with Gasteiger partial charge in [0.25, 0.3) is 5.91 Å². The number of carbonyl (C=O) groups excluding carboxylic acids is 3. The number of amidine groups is 1. The van der Waals surface area contributed by atoms with Crippen molar-refractivity contribution in [2.75, 3.05) is 20.8 Å². The van der Waals surface area contributed by atoms with E-state index in [4.69, 9.17) is 31.3 Å². The number of phenolic OH excluding ortho intramolecular Hbond substituents is 1. The molecule has 3 aromatic carbocycles. The van der Waals surface area contributed by atoms with E-state index >= 15 is 0 Å². The van der Waals surface area contributed by atoms with Crippen molar-refractivity contribution in [1.29, 1.82) is 5.41 Å². The predicted molar refractivity (Wildman–Crippen MR) is 184 cm³/mol. The van der Waals surface area contributed by atoms with E-state index in [-0.39, 0.29) is 59.2 Å². The first-order chi connectivity index (χ1) is 23.1. The van der Waals surface area contributed by atoms with E-state index in [0.717, 1.165) is 22.9 Å². The number of phenols is 1. The number of nitrogens with one attached hydrogen (secondary N) is 2. The van der Waals surface area contributed by atoms with Crippen molar-refractivity contribution in [3.63, 3.8) is 0 Å². The van der Waals surface area contributed by atoms with Crippen LogP contribution in [0.3, 0.4) is 0 Å². The lowest BCUT2D eigenvalue weighted by Gasteiger charge is -2.39. The summed E-state index contributed by atoms with van der Waals surface area (Å²) < 4.78 is 10.6. The molecule has 13 nitrogen and oxygen atoms in total. The van der Waals surface area contributed by atoms with Gasteiger partial charge in [-0.2, -0.15) is 0 Å². The average Bonchev–Trinajstić information content (AvgIpc) is 3.37. The monoisotopic (exact) mass is 671 g/mol. The lowest BCUT2D eigenvalue weighted by atomic mass is 9.92. The van der Waals surface area contributed by atoms with Crippen LogP contribution in [-0.2, 0) is 27.3 Å². The van der Waals surface area contributed by atoms with Gasteiger partial charge in [-0.3, -0.25) is 24.7 Å². The number of guanidine groups is 1. The minimum Gasteiger partial charge on any atom is -0.502 e. The first kappa shape index (κ1) is 33.9. The highest BCUT2D eigenvalue weighted by Crippen LogP contribution is 2.41. The number of carbonyl (C=O) groups is 3. The molecule has 0 spiro atoms. The number of rotatable bonds is 11. The maximum Gasteiger partial charge on any atom is 0.267 e. The van der Waals surface area contributed by atoms with Crippen LogP contribution in [0.1, 0.15) is 29.5 Å². The van der Waals surface area contributed by atoms with E-state index in [1.165, 1.54) is 24.0 Å². The van der Waals surface area contributed by atoms with E-state index < -0.39 is 29.8 Å². The zero-order valence-electron chi connectivity index (χ0n) is 26.5. The molecule has 7 N–H and O–H groups in total. The number of fused-ring (bicyclic) bond motifs is 1. The van der Waals surface area contributed by atoms with E-state index in [1.807, 2.05) is 42.5 Å². The molecule has 2 aliphatic heterocycles. The number of thioether (sulfide) groups is 1. The van der Waals surface area contributed by atoms with E-state index in [2.05, 4.69) is 5.32 Å². The van der Waals surface area contributed by atoms with Crippen LogP contribution in [0.4, 0.5) is 5.69 Å². The third kappa shape index (κ3) is 7.39. The summed E-state index contributed by atoms with van der Waals surface area (Å²) in [6.45, 7) is 0.415. The molecule has 3 aromatic rings. The zero-order valence-corrected chi connectivity index (χ0v) is 27.3. The number of aromatic hydroxyl groups is 1. The van der Waals surface area contributed by atoms with Crippen LogP contribution in [0.15, 0.2) is 76.6 Å². The van der Waals surface area contributed by atoms with Crippen LogP contribution in [0, 0.1) is 5.41 Å². The van der Waals surface area contributed by atoms with Crippen molar-refractivity contribution in [3.05, 3.63) is 88.3 Å². The summed E-state index contributed by atoms with van der Waals surface area (Å²) in [7, 11) is 2.81. The molecule has 0 saturated carbocycles. The Hall–Kier alpha value is -5.50. The number of nitrogens with two attached hydrogens (primary N) is 2. The molecule has 250 valence electrons. The minimum atomic E-state index is -1.08. The van der Waals surface area contributed by atoms with Gasteiger partial charge in [0.05, 0.1) is 24.8 Å². The lowest BCUT2D eigenvalue weighted by molar-refractivity contribution is -0.146. The summed E-state index contributed by atoms with van der Waals surface area (Å²) in [4.78, 5) is 49.6. The number of ether oxygens (including phenoxy) is 2. The van der Waals surface area contributed by atoms with Crippen LogP contribution < -0.4 is 26.3 Å². The van der Waals surface area contributed by atoms with Crippen LogP contribution in [0.2, 0.25) is 0 Å². The summed E-state index contributed by atoms with van der Waals surface area (Å²) in [5, 5.41) is 21.0. The van der Waals surface area contributed by atoms with Gasteiger partial charge in [-0.15, -0.1) is 0 Å². The normalized spacial score (nSPS) is 18.0. The zero-order chi connectivity index (χ0) is 34.4. The standard InChI is InChI=1S/C34H37N7O6S/c1-46-26-15-20(16-27(47-2)29(26)42)17-28-32(45)41(34(48-28)39-23-11-4-3-5-12-23)24(13-8-14-38-33(36)37)31(44)40-19-22-10-7-6-9-21(22)18-25(40)30(35)43/h3-7,9-12,15-17,24-25,42H,8,13-14,18-19H2,1-2H3,(H2,35,43)(H4,36,37,38)/b28-17-,39-34-/t24?,25-/m0/s1. The molecule has 5 rings (SSSR count). The Balaban J connectivity index is 1.59. The highest BCUT2D eigenvalue weighted by atomic mass is 32.2. The minimum absolute atomic E-state index is 0.140. The fraction of sp³-hybridized carbons (Fsp3) is 0.265. The lowest BCUT2D eigenvalue weighted by Crippen LogP contribution is -2.57. The van der Waals surface area contributed by atoms with Crippen LogP contribution >= 0.6 is 11.8 Å². The Bertz CT molecular complexity index is 1760. The highest BCUT2D eigenvalue weighted by Gasteiger charge is 2.45. The maximum atomic E-state index is 14.6. The fourth-order valence-electron chi connectivity index (χ4n) is 5.68. The molecule has 1 fully saturated rings. The Morgan fingerprint density at radius 3 is 2.35 bits per heavy atom. The third-order valence-electron chi connectivity index (χ3n) is 8.04. The summed E-state index contributed by atoms with van der Waals surface area (Å²) in [5.41, 5.74) is 14.2. The second-order valence-electron chi connectivity index (χ2n) is 11.1. The maximum absolute atomic E-state index is 14.6. The average molecular weight is 672 g/mol. The van der Waals surface area contributed by atoms with Gasteiger partial charge in [0.2, 0.25) is 17.6 Å². The quantitative estimate of drug-likeness (QED) is 0.0881. The number of hydrogen-bond acceptors (Lipinski definition) is 9. The molecule has 2 aliphatic rings. The summed E-state index contributed by atoms with van der Waals surface area (Å²) in [5.74, 6) is -1.68. The van der Waals surface area contributed by atoms with Gasteiger partial charge >= 0.3 is 0 Å². The number of aliphatic imine (C=N–C) groups is 1. The van der Waals surface area contributed by atoms with E-state index in [9.17, 15) is 19.5 Å². The number of nitrogens with zero attached hydrogens (tertiary/aromatic N) is 3. The molecule has 0 radical (unpaired) electrons. The molecule has 14 heteroatoms. The highest BCUT2D eigenvalue weighted by molar-refractivity contribution is 8.18. The third-order valence-corrected chi connectivity index (χ3v) is 9.03. The van der Waals surface area contributed by atoms with Crippen LogP contribution in [0.25, 0.3) is 6.08 Å². The molecular formula is C34H37N7O6S. The first-order valence-electron chi connectivity index (χ1n) is 15.2. The van der Waals surface area contributed by atoms with Crippen molar-refractivity contribution >= 4 is 52.4 Å². The van der Waals surface area contributed by atoms with Crippen molar-refractivity contribution in [2.24, 2.45) is 16.5 Å². The largest absolute Gasteiger partial charge is 0.502 e. The van der Waals surface area contributed by atoms with Gasteiger partial charge in [0, 0.05) is 19.5 Å². The molecule has 1 unspecified atom stereocenters. The predicted octanol–water partition coefficient (Wildman–Crippen LogP) is 3.08. The Morgan fingerprint density at radius 1 is 1.08 bits per heavy atom. The number of benzene rings is 3. The van der Waals surface area contributed by atoms with E-state index in [1.54, 1.807) is 30.3 Å². The second kappa shape index (κ2) is 14.9. The molecule has 3 amide bonds. The van der Waals surface area contributed by atoms with Gasteiger partial charge in [-0.05, 0) is 71.6 Å². The van der Waals surface area contributed by atoms with Gasteiger partial charge in [-0.25, -0.2) is 4.99 Å². The summed E-state index contributed by atoms with van der Waals surface area (Å²) >= 11 is 1.09. The van der Waals surface area contributed by atoms with E-state index in [0.29, 0.717) is 17.7 Å². The van der Waals surface area contributed by atoms with Gasteiger partial charge in [-0.1, -0.05) is 42.5 Å². The van der Waals surface area contributed by atoms with Gasteiger partial charge in [0.1, 0.15) is 12.1 Å². The van der Waals surface area contributed by atoms with Gasteiger partial charge < -0.3 is 36.3 Å². The SMILES string of the molecule is COc1cc(/C=C2\S/C(=N\c3ccccc3)N(C(CCCNC(=N)N)C(=O)N3Cc4ccccc4C[C@H]3C(N)=O)C2=O)cc(OC)c1O. The first-order valence-corrected chi connectivity index (χ1v) is 16.0. The number of amides is 3. The van der Waals surface area contributed by atoms with Crippen LogP contribution in [0.5, 0.6) is 17.2 Å². The van der Waals surface area contributed by atoms with Crippen molar-refractivity contribution in [2.45, 2.75) is 37.9 Å². The topological polar surface area (TPSA) is 197 Å². The molecular weight excluding hydrogens is 634 g/mol. The Labute approximate surface area is 282 Å². The second-order valence-corrected chi connectivity index (χ2v) is 12.2. The fourth-order valence-corrected chi connectivity index (χ4v) is 6.72. The summed E-state index contributed by atoms with van der Waals surface area (Å²) in [6, 6.07) is 17.7. The molecule has 1 saturated heterocycles. The number of para-hydroxylation sites is 1. The Morgan fingerprint density at radius 2 is 1.73 bits per heavy atom. The van der Waals surface area contributed by atoms with Crippen molar-refractivity contribution in [1.82, 2.24) is 15.1 Å².